The molecule has 0 N–H and O–H groups in total. The van der Waals surface area contributed by atoms with E-state index in [-0.39, 0.29) is 11.9 Å². The van der Waals surface area contributed by atoms with Gasteiger partial charge in [-0.25, -0.2) is 0 Å². The molecule has 5 nitrogen and oxygen atoms in total. The Morgan fingerprint density at radius 3 is 2.67 bits per heavy atom. The van der Waals surface area contributed by atoms with Crippen LogP contribution in [-0.4, -0.2) is 26.9 Å². The molecule has 2 aromatic carbocycles. The molecule has 0 fully saturated rings. The first-order chi connectivity index (χ1) is 11.7. The van der Waals surface area contributed by atoms with Gasteiger partial charge in [0.1, 0.15) is 0 Å². The fourth-order valence-corrected chi connectivity index (χ4v) is 3.17. The van der Waals surface area contributed by atoms with Crippen molar-refractivity contribution in [2.45, 2.75) is 25.8 Å². The molecular formula is C19H18N4O. The van der Waals surface area contributed by atoms with Crippen LogP contribution in [0.5, 0.6) is 0 Å². The number of nitrogens with zero attached hydrogens (tertiary/aromatic N) is 4. The largest absolute Gasteiger partial charge is 0.304 e. The number of rotatable bonds is 2. The van der Waals surface area contributed by atoms with Crippen LogP contribution >= 0.6 is 0 Å². The standard InChI is InChI=1S/C19H18N4O/c1-14-11-12-15-7-5-6-10-18(15)22(14)19(24)17-13-20-23(21-17)16-8-3-2-4-9-16/h2-10,13-14H,11-12H2,1H3/t14-/m1/s1. The van der Waals surface area contributed by atoms with Crippen molar-refractivity contribution in [2.24, 2.45) is 0 Å². The normalized spacial score (nSPS) is 16.7. The third-order valence-electron chi connectivity index (χ3n) is 4.44. The van der Waals surface area contributed by atoms with Gasteiger partial charge in [0.15, 0.2) is 5.69 Å². The number of benzene rings is 2. The van der Waals surface area contributed by atoms with Crippen molar-refractivity contribution in [3.63, 3.8) is 0 Å². The van der Waals surface area contributed by atoms with Gasteiger partial charge < -0.3 is 4.90 Å². The Hall–Kier alpha value is -2.95. The van der Waals surface area contributed by atoms with Crippen molar-refractivity contribution in [3.05, 3.63) is 72.1 Å². The summed E-state index contributed by atoms with van der Waals surface area (Å²) >= 11 is 0. The zero-order valence-electron chi connectivity index (χ0n) is 13.5. The molecule has 0 bridgehead atoms. The van der Waals surface area contributed by atoms with Crippen molar-refractivity contribution in [3.8, 4) is 5.69 Å². The second-order valence-electron chi connectivity index (χ2n) is 6.05. The highest BCUT2D eigenvalue weighted by molar-refractivity contribution is 6.05. The minimum absolute atomic E-state index is 0.100. The Kier molecular flexibility index (Phi) is 3.61. The van der Waals surface area contributed by atoms with Crippen LogP contribution < -0.4 is 4.90 Å². The van der Waals surface area contributed by atoms with Crippen LogP contribution in [0.3, 0.4) is 0 Å². The molecule has 5 heteroatoms. The summed E-state index contributed by atoms with van der Waals surface area (Å²) in [6.07, 6.45) is 3.49. The highest BCUT2D eigenvalue weighted by Crippen LogP contribution is 2.31. The minimum Gasteiger partial charge on any atom is -0.304 e. The molecule has 0 spiro atoms. The number of hydrogen-bond donors (Lipinski definition) is 0. The topological polar surface area (TPSA) is 51.0 Å². The number of hydrogen-bond acceptors (Lipinski definition) is 3. The predicted molar refractivity (Wildman–Crippen MR) is 92.4 cm³/mol. The highest BCUT2D eigenvalue weighted by Gasteiger charge is 2.30. The lowest BCUT2D eigenvalue weighted by Crippen LogP contribution is -2.42. The Labute approximate surface area is 140 Å². The van der Waals surface area contributed by atoms with Crippen LogP contribution in [-0.2, 0) is 6.42 Å². The van der Waals surface area contributed by atoms with E-state index < -0.39 is 0 Å². The number of carbonyl (C=O) groups is 1. The minimum atomic E-state index is -0.100. The van der Waals surface area contributed by atoms with E-state index >= 15 is 0 Å². The lowest BCUT2D eigenvalue weighted by molar-refractivity contribution is 0.0970. The fourth-order valence-electron chi connectivity index (χ4n) is 3.17. The third-order valence-corrected chi connectivity index (χ3v) is 4.44. The molecule has 0 saturated carbocycles. The number of carbonyl (C=O) groups excluding carboxylic acids is 1. The summed E-state index contributed by atoms with van der Waals surface area (Å²) in [6, 6.07) is 17.8. The van der Waals surface area contributed by atoms with E-state index in [1.54, 1.807) is 6.20 Å². The number of aromatic nitrogens is 3. The second kappa shape index (κ2) is 5.92. The Bertz CT molecular complexity index is 872. The van der Waals surface area contributed by atoms with E-state index in [4.69, 9.17) is 0 Å². The van der Waals surface area contributed by atoms with E-state index in [0.29, 0.717) is 5.69 Å². The monoisotopic (exact) mass is 318 g/mol. The molecule has 0 aliphatic carbocycles. The first kappa shape index (κ1) is 14.6. The van der Waals surface area contributed by atoms with Crippen LogP contribution in [0.4, 0.5) is 5.69 Å². The highest BCUT2D eigenvalue weighted by atomic mass is 16.2. The Morgan fingerprint density at radius 2 is 1.83 bits per heavy atom. The maximum absolute atomic E-state index is 13.0. The first-order valence-electron chi connectivity index (χ1n) is 8.13. The summed E-state index contributed by atoms with van der Waals surface area (Å²) in [5.74, 6) is -0.100. The van der Waals surface area contributed by atoms with Crippen molar-refractivity contribution < 1.29 is 4.79 Å². The first-order valence-corrected chi connectivity index (χ1v) is 8.13. The molecular weight excluding hydrogens is 300 g/mol. The quantitative estimate of drug-likeness (QED) is 0.729. The molecule has 0 unspecified atom stereocenters. The molecule has 3 aromatic rings. The van der Waals surface area contributed by atoms with E-state index in [9.17, 15) is 4.79 Å². The zero-order valence-corrected chi connectivity index (χ0v) is 13.5. The van der Waals surface area contributed by atoms with Gasteiger partial charge in [0.2, 0.25) is 0 Å². The van der Waals surface area contributed by atoms with Crippen molar-refractivity contribution in [2.75, 3.05) is 4.90 Å². The number of aryl methyl sites for hydroxylation is 1. The summed E-state index contributed by atoms with van der Waals surface area (Å²) in [5, 5.41) is 8.62. The van der Waals surface area contributed by atoms with Crippen molar-refractivity contribution in [1.82, 2.24) is 15.0 Å². The molecule has 0 saturated heterocycles. The second-order valence-corrected chi connectivity index (χ2v) is 6.05. The van der Waals surface area contributed by atoms with E-state index in [2.05, 4.69) is 23.2 Å². The van der Waals surface area contributed by atoms with E-state index in [0.717, 1.165) is 24.2 Å². The number of para-hydroxylation sites is 2. The molecule has 4 rings (SSSR count). The molecule has 120 valence electrons. The molecule has 0 radical (unpaired) electrons. The van der Waals surface area contributed by atoms with Gasteiger partial charge >= 0.3 is 0 Å². The van der Waals surface area contributed by atoms with Crippen molar-refractivity contribution in [1.29, 1.82) is 0 Å². The zero-order chi connectivity index (χ0) is 16.5. The number of anilines is 1. The van der Waals surface area contributed by atoms with Crippen LogP contribution in [0.1, 0.15) is 29.4 Å². The third kappa shape index (κ3) is 2.48. The molecule has 1 aliphatic heterocycles. The number of amides is 1. The molecule has 1 aliphatic rings. The Morgan fingerprint density at radius 1 is 1.08 bits per heavy atom. The maximum Gasteiger partial charge on any atom is 0.280 e. The van der Waals surface area contributed by atoms with Gasteiger partial charge in [0.05, 0.1) is 11.9 Å². The smallest absolute Gasteiger partial charge is 0.280 e. The molecule has 1 aromatic heterocycles. The van der Waals surface area contributed by atoms with Gasteiger partial charge in [-0.1, -0.05) is 36.4 Å². The lowest BCUT2D eigenvalue weighted by Gasteiger charge is -2.34. The van der Waals surface area contributed by atoms with Crippen LogP contribution in [0.15, 0.2) is 60.8 Å². The summed E-state index contributed by atoms with van der Waals surface area (Å²) in [7, 11) is 0. The average Bonchev–Trinajstić information content (AvgIpc) is 3.12. The van der Waals surface area contributed by atoms with Gasteiger partial charge in [-0.15, -0.1) is 5.10 Å². The van der Waals surface area contributed by atoms with Gasteiger partial charge in [-0.3, -0.25) is 4.79 Å². The summed E-state index contributed by atoms with van der Waals surface area (Å²) in [4.78, 5) is 16.4. The van der Waals surface area contributed by atoms with E-state index in [1.165, 1.54) is 10.4 Å². The lowest BCUT2D eigenvalue weighted by atomic mass is 9.96. The van der Waals surface area contributed by atoms with Gasteiger partial charge in [-0.05, 0) is 43.5 Å². The van der Waals surface area contributed by atoms with Gasteiger partial charge in [0, 0.05) is 11.7 Å². The Balaban J connectivity index is 1.68. The SMILES string of the molecule is C[C@@H]1CCc2ccccc2N1C(=O)c1cnn(-c2ccccc2)n1. The van der Waals surface area contributed by atoms with E-state index in [1.807, 2.05) is 53.4 Å². The summed E-state index contributed by atoms with van der Waals surface area (Å²) in [6.45, 7) is 2.08. The van der Waals surface area contributed by atoms with Crippen LogP contribution in [0, 0.1) is 0 Å². The predicted octanol–water partition coefficient (Wildman–Crippen LogP) is 3.25. The molecule has 1 amide bonds. The average molecular weight is 318 g/mol. The molecule has 1 atom stereocenters. The van der Waals surface area contributed by atoms with Gasteiger partial charge in [0.25, 0.3) is 5.91 Å². The van der Waals surface area contributed by atoms with Crippen LogP contribution in [0.25, 0.3) is 5.69 Å². The summed E-state index contributed by atoms with van der Waals surface area (Å²) < 4.78 is 0. The molecule has 24 heavy (non-hydrogen) atoms. The van der Waals surface area contributed by atoms with Crippen LogP contribution in [0.2, 0.25) is 0 Å². The van der Waals surface area contributed by atoms with Crippen molar-refractivity contribution >= 4 is 11.6 Å². The molecule has 2 heterocycles. The number of fused-ring (bicyclic) bond motifs is 1. The fraction of sp³-hybridized carbons (Fsp3) is 0.211. The maximum atomic E-state index is 13.0. The van der Waals surface area contributed by atoms with Gasteiger partial charge in [-0.2, -0.15) is 9.90 Å². The summed E-state index contributed by atoms with van der Waals surface area (Å²) in [5.41, 5.74) is 3.39.